The Morgan fingerprint density at radius 1 is 0.857 bits per heavy atom. The standard InChI is InChI=1S/C45H54N6.C3H8.C2H6/c1-4-47-43-28-39(32(2)48-27-9-12-34-10-5-6-11-34)21-22-40(43)31-50(30-36-15-16-36)33(3)37-23-25-41(26-24-37)51-44-14-8-7-13-42(44)45(49-51)38-19-17-35(29-46)18-20-38;1-3-2;1-2/h7-8,13-14,17-26,28,34,36,47-48H,2-6,9-12,15-16,27,29-31,46H2,1H3;3H2,1-2H3;1-2H3/p+1. The molecule has 7 rings (SSSR count). The van der Waals surface area contributed by atoms with E-state index in [1.807, 2.05) is 13.8 Å². The van der Waals surface area contributed by atoms with Crippen LogP contribution in [-0.4, -0.2) is 34.3 Å². The van der Waals surface area contributed by atoms with Crippen molar-refractivity contribution in [3.05, 3.63) is 126 Å². The number of nitrogens with one attached hydrogen (secondary N) is 1. The minimum absolute atomic E-state index is 0.532. The maximum Gasteiger partial charge on any atom is 0.135 e. The molecule has 0 amide bonds. The lowest BCUT2D eigenvalue weighted by Gasteiger charge is -2.28. The fourth-order valence-electron chi connectivity index (χ4n) is 7.71. The zero-order valence-electron chi connectivity index (χ0n) is 35.1. The zero-order valence-corrected chi connectivity index (χ0v) is 35.1. The summed E-state index contributed by atoms with van der Waals surface area (Å²) in [5.74, 6) is 1.67. The van der Waals surface area contributed by atoms with E-state index in [1.165, 1.54) is 74.6 Å². The van der Waals surface area contributed by atoms with Crippen molar-refractivity contribution in [2.75, 3.05) is 19.6 Å². The Kier molecular flexibility index (Phi) is 16.4. The van der Waals surface area contributed by atoms with Crippen molar-refractivity contribution in [2.24, 2.45) is 17.6 Å². The second-order valence-corrected chi connectivity index (χ2v) is 15.4. The van der Waals surface area contributed by atoms with E-state index < -0.39 is 0 Å². The van der Waals surface area contributed by atoms with Gasteiger partial charge in [-0.2, -0.15) is 5.10 Å². The number of nitrogens with zero attached hydrogens (tertiary/aromatic N) is 3. The quantitative estimate of drug-likeness (QED) is 0.0653. The van der Waals surface area contributed by atoms with Gasteiger partial charge in [0.25, 0.3) is 0 Å². The smallest absolute Gasteiger partial charge is 0.135 e. The van der Waals surface area contributed by atoms with Crippen molar-refractivity contribution in [3.8, 4) is 16.9 Å². The lowest BCUT2D eigenvalue weighted by atomic mass is 10.0. The summed E-state index contributed by atoms with van der Waals surface area (Å²) in [6, 6.07) is 32.5. The summed E-state index contributed by atoms with van der Waals surface area (Å²) < 4.78 is 2.06. The van der Waals surface area contributed by atoms with Crippen LogP contribution < -0.4 is 16.4 Å². The largest absolute Gasteiger partial charge is 0.385 e. The third-order valence-corrected chi connectivity index (χ3v) is 10.9. The maximum absolute atomic E-state index is 5.86. The van der Waals surface area contributed by atoms with Crippen LogP contribution in [0.15, 0.2) is 104 Å². The summed E-state index contributed by atoms with van der Waals surface area (Å²) in [5, 5.41) is 12.2. The third kappa shape index (κ3) is 11.2. The highest BCUT2D eigenvalue weighted by molar-refractivity contribution is 5.94. The molecule has 4 aromatic carbocycles. The molecule has 1 aromatic heterocycles. The Morgan fingerprint density at radius 3 is 2.20 bits per heavy atom. The van der Waals surface area contributed by atoms with Crippen molar-refractivity contribution < 1.29 is 5.32 Å². The molecule has 2 fully saturated rings. The molecule has 0 saturated heterocycles. The molecule has 0 bridgehead atoms. The first-order chi connectivity index (χ1) is 27.4. The topological polar surface area (TPSA) is 75.7 Å². The van der Waals surface area contributed by atoms with Crippen LogP contribution in [0.1, 0.15) is 115 Å². The molecule has 0 spiro atoms. The van der Waals surface area contributed by atoms with Gasteiger partial charge >= 0.3 is 0 Å². The summed E-state index contributed by atoms with van der Waals surface area (Å²) in [6.07, 6.45) is 12.1. The first-order valence-corrected chi connectivity index (χ1v) is 21.6. The van der Waals surface area contributed by atoms with Crippen LogP contribution in [0.2, 0.25) is 0 Å². The Labute approximate surface area is 338 Å². The van der Waals surface area contributed by atoms with Gasteiger partial charge in [0, 0.05) is 65.7 Å². The predicted octanol–water partition coefficient (Wildman–Crippen LogP) is 11.2. The van der Waals surface area contributed by atoms with Gasteiger partial charge in [-0.15, -0.1) is 0 Å². The summed E-state index contributed by atoms with van der Waals surface area (Å²) in [7, 11) is 0. The molecule has 6 nitrogen and oxygen atoms in total. The van der Waals surface area contributed by atoms with Crippen LogP contribution in [0.25, 0.3) is 39.2 Å². The minimum Gasteiger partial charge on any atom is -0.385 e. The van der Waals surface area contributed by atoms with Crippen LogP contribution >= 0.6 is 0 Å². The van der Waals surface area contributed by atoms with Crippen molar-refractivity contribution in [3.63, 3.8) is 0 Å². The highest BCUT2D eigenvalue weighted by Crippen LogP contribution is 2.35. The van der Waals surface area contributed by atoms with Gasteiger partial charge in [0.1, 0.15) is 11.4 Å². The Morgan fingerprint density at radius 2 is 1.54 bits per heavy atom. The molecule has 0 unspecified atom stereocenters. The van der Waals surface area contributed by atoms with Crippen molar-refractivity contribution in [1.29, 1.82) is 0 Å². The SMILES string of the molecule is C=C(NCCCC1CCCC1)c1ccc(CN(CC2CC2)C(=C)c2ccc(-n3nc(-c4ccc(CN)cc4)c4ccccc43)cc2)c([NH2+]CC)c1.CC.CCC. The number of fused-ring (bicyclic) bond motifs is 1. The third-order valence-electron chi connectivity index (χ3n) is 10.9. The molecular weight excluding hydrogens is 685 g/mol. The lowest BCUT2D eigenvalue weighted by molar-refractivity contribution is -0.568. The molecular formula is C50H69N6+. The van der Waals surface area contributed by atoms with Crippen molar-refractivity contribution >= 4 is 28.0 Å². The molecule has 2 aliphatic carbocycles. The van der Waals surface area contributed by atoms with Gasteiger partial charge in [-0.1, -0.05) is 140 Å². The van der Waals surface area contributed by atoms with E-state index in [9.17, 15) is 0 Å². The number of hydrogen-bond acceptors (Lipinski definition) is 4. The number of rotatable bonds is 17. The van der Waals surface area contributed by atoms with E-state index in [0.717, 1.165) is 88.4 Å². The second-order valence-electron chi connectivity index (χ2n) is 15.4. The number of hydrogen-bond donors (Lipinski definition) is 3. The van der Waals surface area contributed by atoms with Crippen LogP contribution in [0.4, 0.5) is 5.69 Å². The van der Waals surface area contributed by atoms with E-state index in [0.29, 0.717) is 6.54 Å². The molecule has 1 heterocycles. The molecule has 2 aliphatic rings. The van der Waals surface area contributed by atoms with Crippen LogP contribution in [0.5, 0.6) is 0 Å². The van der Waals surface area contributed by atoms with Gasteiger partial charge in [0.05, 0.1) is 17.7 Å². The molecule has 0 atom stereocenters. The van der Waals surface area contributed by atoms with Crippen molar-refractivity contribution in [2.45, 2.75) is 105 Å². The Hall–Kier alpha value is -4.65. The number of quaternary nitrogens is 1. The van der Waals surface area contributed by atoms with E-state index in [-0.39, 0.29) is 0 Å². The highest BCUT2D eigenvalue weighted by Gasteiger charge is 2.26. The van der Waals surface area contributed by atoms with Crippen LogP contribution in [-0.2, 0) is 13.1 Å². The van der Waals surface area contributed by atoms with E-state index >= 15 is 0 Å². The first-order valence-electron chi connectivity index (χ1n) is 21.6. The van der Waals surface area contributed by atoms with Crippen LogP contribution in [0.3, 0.4) is 0 Å². The summed E-state index contributed by atoms with van der Waals surface area (Å²) in [6.45, 7) is 23.9. The minimum atomic E-state index is 0.532. The summed E-state index contributed by atoms with van der Waals surface area (Å²) in [4.78, 5) is 2.50. The molecule has 5 N–H and O–H groups in total. The average molecular weight is 754 g/mol. The maximum atomic E-state index is 5.86. The normalized spacial score (nSPS) is 13.8. The molecule has 298 valence electrons. The number of nitrogens with two attached hydrogens (primary N) is 2. The molecule has 6 heteroatoms. The van der Waals surface area contributed by atoms with E-state index in [2.05, 4.69) is 145 Å². The summed E-state index contributed by atoms with van der Waals surface area (Å²) in [5.41, 5.74) is 18.2. The van der Waals surface area contributed by atoms with E-state index in [1.54, 1.807) is 0 Å². The molecule has 2 saturated carbocycles. The monoisotopic (exact) mass is 754 g/mol. The zero-order chi connectivity index (χ0) is 39.9. The highest BCUT2D eigenvalue weighted by atomic mass is 15.3. The van der Waals surface area contributed by atoms with E-state index in [4.69, 9.17) is 10.8 Å². The average Bonchev–Trinajstić information content (AvgIpc) is 3.74. The second kappa shape index (κ2) is 21.6. The summed E-state index contributed by atoms with van der Waals surface area (Å²) >= 11 is 0. The van der Waals surface area contributed by atoms with Crippen LogP contribution in [0, 0.1) is 11.8 Å². The Balaban J connectivity index is 0.00000115. The van der Waals surface area contributed by atoms with Gasteiger partial charge in [-0.25, -0.2) is 4.68 Å². The Bertz CT molecular complexity index is 1960. The molecule has 0 aliphatic heterocycles. The fraction of sp³-hybridized carbons (Fsp3) is 0.420. The van der Waals surface area contributed by atoms with Gasteiger partial charge in [0.15, 0.2) is 0 Å². The van der Waals surface area contributed by atoms with Crippen molar-refractivity contribution in [1.82, 2.24) is 20.0 Å². The predicted molar refractivity (Wildman–Crippen MR) is 241 cm³/mol. The van der Waals surface area contributed by atoms with Gasteiger partial charge < -0.3 is 21.3 Å². The number of benzene rings is 4. The number of aromatic nitrogens is 2. The van der Waals surface area contributed by atoms with Gasteiger partial charge in [-0.05, 0) is 73.8 Å². The first kappa shape index (κ1) is 42.5. The lowest BCUT2D eigenvalue weighted by Crippen LogP contribution is -2.77. The van der Waals surface area contributed by atoms with Gasteiger partial charge in [-0.3, -0.25) is 0 Å². The molecule has 0 radical (unpaired) electrons. The molecule has 5 aromatic rings. The molecule has 56 heavy (non-hydrogen) atoms. The fourth-order valence-corrected chi connectivity index (χ4v) is 7.71. The van der Waals surface area contributed by atoms with Gasteiger partial charge in [0.2, 0.25) is 0 Å². The number of para-hydroxylation sites is 1.